The lowest BCUT2D eigenvalue weighted by atomic mass is 10.0. The predicted molar refractivity (Wildman–Crippen MR) is 123 cm³/mol. The molecule has 4 rings (SSSR count). The smallest absolute Gasteiger partial charge is 0.266 e. The van der Waals surface area contributed by atoms with E-state index < -0.39 is 5.91 Å². The fourth-order valence-electron chi connectivity index (χ4n) is 3.32. The van der Waals surface area contributed by atoms with Crippen molar-refractivity contribution in [3.8, 4) is 17.4 Å². The van der Waals surface area contributed by atoms with Gasteiger partial charge in [-0.2, -0.15) is 5.26 Å². The van der Waals surface area contributed by atoms with Gasteiger partial charge in [0.05, 0.1) is 5.39 Å². The molecule has 31 heavy (non-hydrogen) atoms. The molecule has 5 nitrogen and oxygen atoms in total. The number of aromatic nitrogens is 1. The van der Waals surface area contributed by atoms with Crippen molar-refractivity contribution >= 4 is 40.2 Å². The van der Waals surface area contributed by atoms with Crippen LogP contribution in [0.5, 0.6) is 0 Å². The number of rotatable bonds is 4. The number of carbonyl (C=O) groups is 1. The third-order valence-corrected chi connectivity index (χ3v) is 5.17. The lowest BCUT2D eigenvalue weighted by Crippen LogP contribution is -2.14. The summed E-state index contributed by atoms with van der Waals surface area (Å²) in [4.78, 5) is 12.7. The second-order valence-electron chi connectivity index (χ2n) is 7.24. The molecule has 0 bridgehead atoms. The van der Waals surface area contributed by atoms with E-state index in [0.29, 0.717) is 27.6 Å². The zero-order valence-corrected chi connectivity index (χ0v) is 17.7. The highest BCUT2D eigenvalue weighted by atomic mass is 35.5. The second-order valence-corrected chi connectivity index (χ2v) is 7.67. The zero-order chi connectivity index (χ0) is 22.0. The van der Waals surface area contributed by atoms with Gasteiger partial charge in [-0.3, -0.25) is 4.79 Å². The molecule has 0 atom stereocenters. The van der Waals surface area contributed by atoms with Crippen LogP contribution in [0.15, 0.2) is 70.8 Å². The van der Waals surface area contributed by atoms with E-state index in [9.17, 15) is 10.1 Å². The minimum absolute atomic E-state index is 0.00354. The molecule has 0 fully saturated rings. The van der Waals surface area contributed by atoms with E-state index in [1.165, 1.54) is 0 Å². The quantitative estimate of drug-likeness (QED) is 0.305. The van der Waals surface area contributed by atoms with Crippen molar-refractivity contribution in [2.24, 2.45) is 0 Å². The SMILES string of the molecule is Cc1ccc(NC(=O)/C(C#N)=C/c2ccc3noc(-c4ccc(Cl)cc4)c3c2)c(C)c1. The average molecular weight is 428 g/mol. The molecule has 0 unspecified atom stereocenters. The Hall–Kier alpha value is -3.88. The maximum Gasteiger partial charge on any atom is 0.266 e. The normalized spacial score (nSPS) is 11.4. The summed E-state index contributed by atoms with van der Waals surface area (Å²) in [6.07, 6.45) is 1.55. The van der Waals surface area contributed by atoms with Crippen LogP contribution < -0.4 is 5.32 Å². The maximum absolute atomic E-state index is 12.7. The molecule has 4 aromatic rings. The molecule has 0 radical (unpaired) electrons. The molecule has 0 saturated heterocycles. The standard InChI is InChI=1S/C25H18ClN3O2/c1-15-3-9-22(16(2)11-15)28-25(30)19(14-27)12-17-4-10-23-21(13-17)24(31-29-23)18-5-7-20(26)8-6-18/h3-13H,1-2H3,(H,28,30)/b19-12+. The second kappa shape index (κ2) is 8.47. The van der Waals surface area contributed by atoms with E-state index in [1.54, 1.807) is 30.3 Å². The van der Waals surface area contributed by atoms with Crippen molar-refractivity contribution in [2.45, 2.75) is 13.8 Å². The van der Waals surface area contributed by atoms with Gasteiger partial charge in [0, 0.05) is 16.3 Å². The number of hydrogen-bond donors (Lipinski definition) is 1. The van der Waals surface area contributed by atoms with Crippen LogP contribution in [0.3, 0.4) is 0 Å². The number of nitrogens with zero attached hydrogens (tertiary/aromatic N) is 2. The number of hydrogen-bond acceptors (Lipinski definition) is 4. The Morgan fingerprint density at radius 3 is 2.58 bits per heavy atom. The van der Waals surface area contributed by atoms with Crippen molar-refractivity contribution in [2.75, 3.05) is 5.32 Å². The van der Waals surface area contributed by atoms with E-state index in [0.717, 1.165) is 22.1 Å². The number of benzene rings is 3. The number of nitriles is 1. The van der Waals surface area contributed by atoms with E-state index in [-0.39, 0.29) is 5.57 Å². The number of aryl methyl sites for hydroxylation is 2. The summed E-state index contributed by atoms with van der Waals surface area (Å²) in [5, 5.41) is 17.9. The highest BCUT2D eigenvalue weighted by Gasteiger charge is 2.14. The van der Waals surface area contributed by atoms with Gasteiger partial charge in [0.25, 0.3) is 5.91 Å². The van der Waals surface area contributed by atoms with Gasteiger partial charge < -0.3 is 9.84 Å². The molecule has 0 spiro atoms. The fraction of sp³-hybridized carbons (Fsp3) is 0.0800. The van der Waals surface area contributed by atoms with Crippen LogP contribution in [-0.4, -0.2) is 11.1 Å². The van der Waals surface area contributed by atoms with Gasteiger partial charge >= 0.3 is 0 Å². The minimum Gasteiger partial charge on any atom is -0.355 e. The summed E-state index contributed by atoms with van der Waals surface area (Å²) in [5.41, 5.74) is 4.92. The van der Waals surface area contributed by atoms with Crippen LogP contribution in [0, 0.1) is 25.2 Å². The monoisotopic (exact) mass is 427 g/mol. The highest BCUT2D eigenvalue weighted by Crippen LogP contribution is 2.30. The molecule has 1 N–H and O–H groups in total. The van der Waals surface area contributed by atoms with Gasteiger partial charge in [0.2, 0.25) is 0 Å². The molecule has 6 heteroatoms. The van der Waals surface area contributed by atoms with Crippen molar-refractivity contribution in [3.63, 3.8) is 0 Å². The summed E-state index contributed by atoms with van der Waals surface area (Å²) in [6, 6.07) is 20.4. The van der Waals surface area contributed by atoms with E-state index in [4.69, 9.17) is 16.1 Å². The first-order valence-electron chi connectivity index (χ1n) is 9.60. The molecule has 3 aromatic carbocycles. The molecule has 0 saturated carbocycles. The van der Waals surface area contributed by atoms with E-state index in [1.807, 2.05) is 56.3 Å². The minimum atomic E-state index is -0.460. The number of fused-ring (bicyclic) bond motifs is 1. The lowest BCUT2D eigenvalue weighted by Gasteiger charge is -2.08. The number of halogens is 1. The molecule has 1 aromatic heterocycles. The van der Waals surface area contributed by atoms with Crippen molar-refractivity contribution in [1.82, 2.24) is 5.16 Å². The highest BCUT2D eigenvalue weighted by molar-refractivity contribution is 6.30. The summed E-state index contributed by atoms with van der Waals surface area (Å²) < 4.78 is 5.52. The molecule has 152 valence electrons. The average Bonchev–Trinajstić information content (AvgIpc) is 3.17. The van der Waals surface area contributed by atoms with Crippen LogP contribution in [0.2, 0.25) is 5.02 Å². The van der Waals surface area contributed by atoms with E-state index in [2.05, 4.69) is 10.5 Å². The van der Waals surface area contributed by atoms with Gasteiger partial charge in [-0.1, -0.05) is 40.5 Å². The Kier molecular flexibility index (Phi) is 5.57. The summed E-state index contributed by atoms with van der Waals surface area (Å²) >= 11 is 5.97. The predicted octanol–water partition coefficient (Wildman–Crippen LogP) is 6.31. The summed E-state index contributed by atoms with van der Waals surface area (Å²) in [7, 11) is 0. The zero-order valence-electron chi connectivity index (χ0n) is 16.9. The molecule has 0 aliphatic rings. The van der Waals surface area contributed by atoms with Gasteiger partial charge in [0.1, 0.15) is 17.2 Å². The lowest BCUT2D eigenvalue weighted by molar-refractivity contribution is -0.112. The number of anilines is 1. The fourth-order valence-corrected chi connectivity index (χ4v) is 3.44. The largest absolute Gasteiger partial charge is 0.355 e. The molecular formula is C25H18ClN3O2. The van der Waals surface area contributed by atoms with Crippen molar-refractivity contribution < 1.29 is 9.32 Å². The van der Waals surface area contributed by atoms with Crippen LogP contribution >= 0.6 is 11.6 Å². The van der Waals surface area contributed by atoms with Crippen LogP contribution in [0.1, 0.15) is 16.7 Å². The first-order valence-corrected chi connectivity index (χ1v) is 9.98. The Labute approximate surface area is 184 Å². The van der Waals surface area contributed by atoms with Gasteiger partial charge in [-0.15, -0.1) is 0 Å². The van der Waals surface area contributed by atoms with Crippen molar-refractivity contribution in [1.29, 1.82) is 5.26 Å². The van der Waals surface area contributed by atoms with Crippen molar-refractivity contribution in [3.05, 3.63) is 87.9 Å². The van der Waals surface area contributed by atoms with E-state index >= 15 is 0 Å². The molecule has 0 aliphatic carbocycles. The molecule has 1 heterocycles. The molecule has 1 amide bonds. The summed E-state index contributed by atoms with van der Waals surface area (Å²) in [5.74, 6) is 0.137. The van der Waals surface area contributed by atoms with Gasteiger partial charge in [0.15, 0.2) is 5.76 Å². The Balaban J connectivity index is 1.66. The Morgan fingerprint density at radius 1 is 1.10 bits per heavy atom. The van der Waals surface area contributed by atoms with Crippen LogP contribution in [-0.2, 0) is 4.79 Å². The van der Waals surface area contributed by atoms with Gasteiger partial charge in [-0.05, 0) is 73.5 Å². The number of carbonyl (C=O) groups excluding carboxylic acids is 1. The molecular weight excluding hydrogens is 410 g/mol. The first kappa shape index (κ1) is 20.4. The first-order chi connectivity index (χ1) is 14.9. The Morgan fingerprint density at radius 2 is 1.87 bits per heavy atom. The third kappa shape index (κ3) is 4.35. The summed E-state index contributed by atoms with van der Waals surface area (Å²) in [6.45, 7) is 3.90. The van der Waals surface area contributed by atoms with Gasteiger partial charge in [-0.25, -0.2) is 0 Å². The number of nitrogens with one attached hydrogen (secondary N) is 1. The Bertz CT molecular complexity index is 1360. The topological polar surface area (TPSA) is 78.9 Å². The van der Waals surface area contributed by atoms with Crippen LogP contribution in [0.4, 0.5) is 5.69 Å². The molecule has 0 aliphatic heterocycles. The third-order valence-electron chi connectivity index (χ3n) is 4.91. The number of amides is 1. The van der Waals surface area contributed by atoms with Crippen LogP contribution in [0.25, 0.3) is 28.3 Å². The maximum atomic E-state index is 12.7.